The summed E-state index contributed by atoms with van der Waals surface area (Å²) in [5.74, 6) is 1.58. The highest BCUT2D eigenvalue weighted by molar-refractivity contribution is 6.42. The Hall–Kier alpha value is -10.8. The third-order valence-corrected chi connectivity index (χ3v) is 22.3. The van der Waals surface area contributed by atoms with Gasteiger partial charge >= 0.3 is 0 Å². The molecule has 0 radical (unpaired) electrons. The van der Waals surface area contributed by atoms with E-state index in [0.29, 0.717) is 182 Å². The van der Waals surface area contributed by atoms with E-state index in [1.165, 1.54) is 67.0 Å². The summed E-state index contributed by atoms with van der Waals surface area (Å²) >= 11 is 26.9. The second-order valence-corrected chi connectivity index (χ2v) is 29.5. The first-order chi connectivity index (χ1) is 57.1. The number of hydrogen-bond donors (Lipinski definition) is 6. The summed E-state index contributed by atoms with van der Waals surface area (Å²) in [5, 5.41) is 21.8. The quantitative estimate of drug-likeness (QED) is 0.0274. The highest BCUT2D eigenvalue weighted by atomic mass is 35.5. The van der Waals surface area contributed by atoms with E-state index in [1.54, 1.807) is 44.9 Å². The number of fused-ring (bicyclic) bond motifs is 3. The van der Waals surface area contributed by atoms with E-state index in [-0.39, 0.29) is 88.9 Å². The zero-order valence-corrected chi connectivity index (χ0v) is 68.9. The Morgan fingerprint density at radius 1 is 0.415 bits per heavy atom. The van der Waals surface area contributed by atoms with Gasteiger partial charge < -0.3 is 98.7 Å². The third-order valence-electron chi connectivity index (χ3n) is 20.8. The van der Waals surface area contributed by atoms with Crippen molar-refractivity contribution in [2.75, 3.05) is 166 Å². The number of anilines is 6. The minimum Gasteiger partial charge on any atom is -0.495 e. The molecule has 0 saturated carbocycles. The molecule has 118 heavy (non-hydrogen) atoms. The number of hydrogen-bond acceptors (Lipinski definition) is 29. The van der Waals surface area contributed by atoms with Crippen molar-refractivity contribution in [1.82, 2.24) is 60.8 Å². The third kappa shape index (κ3) is 18.4. The van der Waals surface area contributed by atoms with E-state index in [4.69, 9.17) is 128 Å². The van der Waals surface area contributed by atoms with Crippen molar-refractivity contribution in [3.8, 4) is 68.3 Å². The number of rotatable bonds is 26. The summed E-state index contributed by atoms with van der Waals surface area (Å²) in [5.41, 5.74) is 3.56. The fourth-order valence-corrected chi connectivity index (χ4v) is 15.9. The van der Waals surface area contributed by atoms with Gasteiger partial charge in [0.05, 0.1) is 173 Å². The van der Waals surface area contributed by atoms with Gasteiger partial charge in [-0.3, -0.25) is 14.4 Å². The van der Waals surface area contributed by atoms with Gasteiger partial charge in [0.1, 0.15) is 39.5 Å². The minimum absolute atomic E-state index is 0.0322. The number of aromatic nitrogens is 9. The normalized spacial score (nSPS) is 20.0. The van der Waals surface area contributed by atoms with Crippen molar-refractivity contribution in [1.29, 1.82) is 0 Å². The molecule has 15 rings (SSSR count). The lowest BCUT2D eigenvalue weighted by Crippen LogP contribution is -2.45. The highest BCUT2D eigenvalue weighted by Gasteiger charge is 2.37. The van der Waals surface area contributed by atoms with Gasteiger partial charge in [-0.2, -0.15) is 0 Å². The highest BCUT2D eigenvalue weighted by Crippen LogP contribution is 2.49. The summed E-state index contributed by atoms with van der Waals surface area (Å²) in [7, 11) is 12.0. The fraction of sp³-hybridized carbons (Fsp3) is 0.400. The molecular formula is C80H88Cl4F2N18O14. The molecule has 6 saturated heterocycles. The molecular weight excluding hydrogens is 1620 g/mol. The summed E-state index contributed by atoms with van der Waals surface area (Å²) in [6, 6.07) is 8.17. The van der Waals surface area contributed by atoms with Crippen LogP contribution in [0.1, 0.15) is 25.7 Å². The Balaban J connectivity index is 0.000000154. The van der Waals surface area contributed by atoms with Crippen LogP contribution >= 0.6 is 46.4 Å². The molecule has 0 bridgehead atoms. The number of pyridine rings is 3. The smallest absolute Gasteiger partial charge is 0.243 e. The van der Waals surface area contributed by atoms with Crippen molar-refractivity contribution >= 4 is 132 Å². The zero-order valence-electron chi connectivity index (χ0n) is 65.8. The van der Waals surface area contributed by atoms with Gasteiger partial charge in [-0.15, -0.1) is 0 Å². The van der Waals surface area contributed by atoms with Crippen molar-refractivity contribution in [2.45, 2.75) is 74.1 Å². The molecule has 3 amide bonds. The molecule has 6 aromatic heterocycles. The number of amides is 3. The number of halogens is 6. The minimum atomic E-state index is -0.900. The Bertz CT molecular complexity index is 4980. The van der Waals surface area contributed by atoms with E-state index < -0.39 is 11.6 Å². The Morgan fingerprint density at radius 2 is 0.712 bits per heavy atom. The van der Waals surface area contributed by atoms with Gasteiger partial charge in [0.15, 0.2) is 40.6 Å². The molecule has 9 aromatic rings. The van der Waals surface area contributed by atoms with Gasteiger partial charge in [-0.05, 0) is 62.1 Å². The molecule has 6 aliphatic heterocycles. The van der Waals surface area contributed by atoms with Crippen LogP contribution in [0.3, 0.4) is 0 Å². The van der Waals surface area contributed by atoms with Crippen LogP contribution in [0.4, 0.5) is 44.1 Å². The number of methoxy groups -OCH3 is 8. The van der Waals surface area contributed by atoms with Crippen molar-refractivity contribution in [3.63, 3.8) is 0 Å². The molecule has 6 aliphatic rings. The van der Waals surface area contributed by atoms with Crippen molar-refractivity contribution in [2.24, 2.45) is 0 Å². The van der Waals surface area contributed by atoms with E-state index >= 15 is 8.78 Å². The molecule has 2 unspecified atom stereocenters. The summed E-state index contributed by atoms with van der Waals surface area (Å²) in [6.07, 6.45) is 12.4. The molecule has 0 spiro atoms. The number of nitrogens with zero attached hydrogens (tertiary/aromatic N) is 12. The van der Waals surface area contributed by atoms with Gasteiger partial charge in [0.25, 0.3) is 0 Å². The maximum atomic E-state index is 15.4. The molecule has 6 fully saturated rings. The molecule has 0 aliphatic carbocycles. The first-order valence-corrected chi connectivity index (χ1v) is 39.1. The molecule has 32 nitrogen and oxygen atoms in total. The number of benzene rings is 3. The van der Waals surface area contributed by atoms with E-state index in [1.807, 2.05) is 17.0 Å². The van der Waals surface area contributed by atoms with Gasteiger partial charge in [0, 0.05) is 118 Å². The van der Waals surface area contributed by atoms with E-state index in [0.717, 1.165) is 62.2 Å². The summed E-state index contributed by atoms with van der Waals surface area (Å²) in [4.78, 5) is 84.4. The number of nitrogens with one attached hydrogen (secondary N) is 6. The van der Waals surface area contributed by atoms with Crippen LogP contribution in [-0.4, -0.2) is 247 Å². The predicted molar refractivity (Wildman–Crippen MR) is 445 cm³/mol. The molecule has 3 aromatic carbocycles. The molecule has 6 N–H and O–H groups in total. The topological polar surface area (TPSA) is 351 Å². The molecule has 38 heteroatoms. The molecule has 8 atom stereocenters. The average Bonchev–Trinajstić information content (AvgIpc) is 1.69. The van der Waals surface area contributed by atoms with Crippen LogP contribution in [-0.2, 0) is 38.1 Å². The van der Waals surface area contributed by atoms with Crippen molar-refractivity contribution < 1.29 is 75.3 Å². The largest absolute Gasteiger partial charge is 0.495 e. The van der Waals surface area contributed by atoms with Crippen LogP contribution in [0, 0.1) is 11.6 Å². The van der Waals surface area contributed by atoms with E-state index in [2.05, 4.69) is 76.4 Å². The summed E-state index contributed by atoms with van der Waals surface area (Å²) in [6.45, 7) is 17.0. The number of ether oxygens (including phenoxy) is 11. The first kappa shape index (κ1) is 85.1. The SMILES string of the molecule is C=CC(=O)N[C@H]1COC[C@H]1Nc1ncc2cc(-c3c(Cl)c(OC)cc(OC)c3Cl)nc(N3CCC(OC)C3)c2n1.C=CC(=O)N[C@H]1COC[C@H]1Nc1ncc2cc(-c3c(Cl)c(OC)cc(OC)c3Cl)nc(N3CCCC3)c2n1.C=CC(=O)N[C@H]1COC[C@H]1Nc1ncc2cc(-c3c(F)c(OC)cc(OC)c3F)nc(N3CCC(OC)C3)c2n1. The predicted octanol–water partition coefficient (Wildman–Crippen LogP) is 10.5. The Morgan fingerprint density at radius 3 is 1.01 bits per heavy atom. The van der Waals surface area contributed by atoms with Gasteiger partial charge in [0.2, 0.25) is 35.6 Å². The Labute approximate surface area is 697 Å². The molecule has 624 valence electrons. The van der Waals surface area contributed by atoms with Crippen LogP contribution in [0.15, 0.2) is 93.0 Å². The van der Waals surface area contributed by atoms with Crippen LogP contribution in [0.5, 0.6) is 34.5 Å². The van der Waals surface area contributed by atoms with Crippen LogP contribution in [0.2, 0.25) is 20.1 Å². The van der Waals surface area contributed by atoms with Gasteiger partial charge in [-0.1, -0.05) is 66.1 Å². The lowest BCUT2D eigenvalue weighted by Gasteiger charge is -2.22. The number of carbonyl (C=O) groups excluding carboxylic acids is 3. The van der Waals surface area contributed by atoms with Crippen LogP contribution in [0.25, 0.3) is 66.5 Å². The summed E-state index contributed by atoms with van der Waals surface area (Å²) < 4.78 is 90.8. The zero-order chi connectivity index (χ0) is 83.6. The maximum absolute atomic E-state index is 15.4. The maximum Gasteiger partial charge on any atom is 0.243 e. The number of carbonyl (C=O) groups is 3. The second kappa shape index (κ2) is 38.3. The second-order valence-electron chi connectivity index (χ2n) is 27.9. The van der Waals surface area contributed by atoms with Gasteiger partial charge in [-0.25, -0.2) is 53.6 Å². The Kier molecular flexibility index (Phi) is 27.6. The van der Waals surface area contributed by atoms with Crippen molar-refractivity contribution in [3.05, 3.63) is 125 Å². The first-order valence-electron chi connectivity index (χ1n) is 37.6. The standard InChI is InChI=1S/C27H30Cl2N6O5.C27H30F2N6O5.C26H28Cl2N6O4/c2*1-5-21(36)31-17-12-40-13-18(17)33-27-30-10-14-8-16(22-23(28)19(38-3)9-20(39-4)24(22)29)32-26(25(14)34-27)35-7-6-15(11-35)37-2;1-4-20(35)30-16-12-38-13-17(16)32-26-29-11-14-9-15(31-25(24(14)33-26)34-7-5-6-8-34)21-22(27)18(36-2)10-19(37-3)23(21)28/h2*5,8-10,15,17-18H,1,6-7,11-13H2,2-4H3,(H,31,36)(H,30,33,34);4,9-11,16-17H,1,5-8,12-13H2,2-3H3,(H,30,35)(H,29,32,33)/t2*15?,17-,18+;16-,17+/m000/s1. The fourth-order valence-electron chi connectivity index (χ4n) is 14.5. The lowest BCUT2D eigenvalue weighted by molar-refractivity contribution is -0.118. The van der Waals surface area contributed by atoms with E-state index in [9.17, 15) is 14.4 Å². The average molecular weight is 1710 g/mol. The molecule has 12 heterocycles. The monoisotopic (exact) mass is 1700 g/mol. The van der Waals surface area contributed by atoms with Crippen LogP contribution < -0.4 is 75.0 Å². The lowest BCUT2D eigenvalue weighted by atomic mass is 10.1.